The largest absolute Gasteiger partial charge is 0.497 e. The minimum Gasteiger partial charge on any atom is -0.497 e. The predicted molar refractivity (Wildman–Crippen MR) is 125 cm³/mol. The topological polar surface area (TPSA) is 25.4 Å². The van der Waals surface area contributed by atoms with E-state index in [-0.39, 0.29) is 0 Å². The van der Waals surface area contributed by atoms with E-state index in [1.807, 2.05) is 12.3 Å². The Hall–Kier alpha value is -2.39. The van der Waals surface area contributed by atoms with Gasteiger partial charge in [0.15, 0.2) is 0 Å². The number of nitrogens with zero attached hydrogens (tertiary/aromatic N) is 2. The van der Waals surface area contributed by atoms with E-state index in [2.05, 4.69) is 58.4 Å². The first-order valence-corrected chi connectivity index (χ1v) is 11.5. The Morgan fingerprint density at radius 1 is 0.967 bits per heavy atom. The van der Waals surface area contributed by atoms with Gasteiger partial charge < -0.3 is 9.64 Å². The first-order chi connectivity index (χ1) is 14.8. The molecular formula is C27H34N2O. The normalized spacial score (nSPS) is 15.5. The summed E-state index contributed by atoms with van der Waals surface area (Å²) in [5.41, 5.74) is 3.93. The van der Waals surface area contributed by atoms with Crippen LogP contribution in [0, 0.1) is 5.92 Å². The number of benzene rings is 2. The molecule has 1 aliphatic rings. The minimum absolute atomic E-state index is 0.887. The van der Waals surface area contributed by atoms with Crippen LogP contribution in [0.4, 0.5) is 0 Å². The van der Waals surface area contributed by atoms with Gasteiger partial charge >= 0.3 is 0 Å². The van der Waals surface area contributed by atoms with Crippen LogP contribution in [0.5, 0.6) is 5.75 Å². The summed E-state index contributed by atoms with van der Waals surface area (Å²) in [6, 6.07) is 19.2. The molecule has 3 aromatic rings. The van der Waals surface area contributed by atoms with E-state index in [1.165, 1.54) is 74.7 Å². The van der Waals surface area contributed by atoms with Crippen LogP contribution in [0.3, 0.4) is 0 Å². The number of piperidine rings is 1. The molecule has 1 saturated heterocycles. The molecule has 0 bridgehead atoms. The third-order valence-electron chi connectivity index (χ3n) is 6.59. The summed E-state index contributed by atoms with van der Waals surface area (Å²) in [6.07, 6.45) is 10.9. The number of aryl methyl sites for hydroxylation is 2. The van der Waals surface area contributed by atoms with Gasteiger partial charge in [0.25, 0.3) is 0 Å². The van der Waals surface area contributed by atoms with Crippen molar-refractivity contribution in [2.24, 2.45) is 5.92 Å². The number of hydrogen-bond acceptors (Lipinski definition) is 3. The van der Waals surface area contributed by atoms with Crippen LogP contribution in [-0.4, -0.2) is 36.6 Å². The Kier molecular flexibility index (Phi) is 7.36. The van der Waals surface area contributed by atoms with E-state index >= 15 is 0 Å². The highest BCUT2D eigenvalue weighted by atomic mass is 16.5. The number of aromatic nitrogens is 1. The van der Waals surface area contributed by atoms with Gasteiger partial charge in [-0.05, 0) is 99.5 Å². The number of likely N-dealkylation sites (tertiary alicyclic amines) is 1. The number of hydrogen-bond donors (Lipinski definition) is 0. The van der Waals surface area contributed by atoms with Gasteiger partial charge in [0.2, 0.25) is 0 Å². The molecule has 2 heterocycles. The van der Waals surface area contributed by atoms with Gasteiger partial charge in [-0.1, -0.05) is 36.8 Å². The van der Waals surface area contributed by atoms with Crippen LogP contribution in [0.15, 0.2) is 60.8 Å². The zero-order chi connectivity index (χ0) is 20.6. The van der Waals surface area contributed by atoms with Crippen LogP contribution in [0.25, 0.3) is 10.9 Å². The maximum atomic E-state index is 5.41. The molecule has 2 aromatic carbocycles. The average Bonchev–Trinajstić information content (AvgIpc) is 2.80. The summed E-state index contributed by atoms with van der Waals surface area (Å²) >= 11 is 0. The third kappa shape index (κ3) is 5.60. The second kappa shape index (κ2) is 10.6. The summed E-state index contributed by atoms with van der Waals surface area (Å²) in [6.45, 7) is 3.79. The van der Waals surface area contributed by atoms with Crippen LogP contribution >= 0.6 is 0 Å². The first kappa shape index (κ1) is 20.9. The fourth-order valence-electron chi connectivity index (χ4n) is 4.76. The standard InChI is InChI=1S/C27H34N2O/c1-30-25-12-13-27-26(21-25)24(14-17-28-27)11-5-9-23-15-19-29(20-16-23)18-6-10-22-7-3-2-4-8-22/h2-4,7-8,12-14,17,21,23H,5-6,9-11,15-16,18-20H2,1H3. The zero-order valence-electron chi connectivity index (χ0n) is 18.2. The van der Waals surface area contributed by atoms with Gasteiger partial charge in [0.05, 0.1) is 12.6 Å². The molecule has 0 radical (unpaired) electrons. The van der Waals surface area contributed by atoms with Crippen LogP contribution in [0.1, 0.15) is 43.2 Å². The molecule has 30 heavy (non-hydrogen) atoms. The van der Waals surface area contributed by atoms with Crippen LogP contribution < -0.4 is 4.74 Å². The molecule has 4 rings (SSSR count). The SMILES string of the molecule is COc1ccc2nccc(CCCC3CCN(CCCc4ccccc4)CC3)c2c1. The smallest absolute Gasteiger partial charge is 0.119 e. The fourth-order valence-corrected chi connectivity index (χ4v) is 4.76. The van der Waals surface area contributed by atoms with Gasteiger partial charge in [-0.15, -0.1) is 0 Å². The van der Waals surface area contributed by atoms with E-state index in [0.717, 1.165) is 23.6 Å². The second-order valence-corrected chi connectivity index (χ2v) is 8.62. The highest BCUT2D eigenvalue weighted by Gasteiger charge is 2.18. The fraction of sp³-hybridized carbons (Fsp3) is 0.444. The second-order valence-electron chi connectivity index (χ2n) is 8.62. The van der Waals surface area contributed by atoms with Crippen molar-refractivity contribution in [2.45, 2.75) is 44.9 Å². The molecule has 0 amide bonds. The van der Waals surface area contributed by atoms with E-state index in [1.54, 1.807) is 7.11 Å². The lowest BCUT2D eigenvalue weighted by atomic mass is 9.90. The molecule has 0 saturated carbocycles. The molecule has 1 aromatic heterocycles. The van der Waals surface area contributed by atoms with Crippen molar-refractivity contribution in [3.05, 3.63) is 71.9 Å². The molecule has 0 unspecified atom stereocenters. The lowest BCUT2D eigenvalue weighted by Crippen LogP contribution is -2.34. The summed E-state index contributed by atoms with van der Waals surface area (Å²) in [7, 11) is 1.73. The van der Waals surface area contributed by atoms with E-state index in [9.17, 15) is 0 Å². The summed E-state index contributed by atoms with van der Waals surface area (Å²) in [5.74, 6) is 1.80. The Bertz CT molecular complexity index is 917. The van der Waals surface area contributed by atoms with Crippen molar-refractivity contribution in [2.75, 3.05) is 26.7 Å². The van der Waals surface area contributed by atoms with Crippen LogP contribution in [0.2, 0.25) is 0 Å². The number of methoxy groups -OCH3 is 1. The maximum absolute atomic E-state index is 5.41. The maximum Gasteiger partial charge on any atom is 0.119 e. The summed E-state index contributed by atoms with van der Waals surface area (Å²) < 4.78 is 5.41. The molecule has 3 heteroatoms. The van der Waals surface area contributed by atoms with Crippen molar-refractivity contribution in [3.63, 3.8) is 0 Å². The third-order valence-corrected chi connectivity index (χ3v) is 6.59. The molecular weight excluding hydrogens is 368 g/mol. The molecule has 3 nitrogen and oxygen atoms in total. The molecule has 0 aliphatic carbocycles. The van der Waals surface area contributed by atoms with E-state index < -0.39 is 0 Å². The van der Waals surface area contributed by atoms with Crippen molar-refractivity contribution >= 4 is 10.9 Å². The average molecular weight is 403 g/mol. The van der Waals surface area contributed by atoms with Crippen molar-refractivity contribution < 1.29 is 4.74 Å². The predicted octanol–water partition coefficient (Wildman–Crippen LogP) is 5.91. The van der Waals surface area contributed by atoms with Gasteiger partial charge in [-0.2, -0.15) is 0 Å². The Labute approximate surface area is 181 Å². The highest BCUT2D eigenvalue weighted by molar-refractivity contribution is 5.83. The van der Waals surface area contributed by atoms with Crippen LogP contribution in [-0.2, 0) is 12.8 Å². The van der Waals surface area contributed by atoms with Crippen molar-refractivity contribution in [1.29, 1.82) is 0 Å². The lowest BCUT2D eigenvalue weighted by molar-refractivity contribution is 0.176. The number of ether oxygens (including phenoxy) is 1. The number of pyridine rings is 1. The Morgan fingerprint density at radius 2 is 1.80 bits per heavy atom. The molecule has 0 N–H and O–H groups in total. The minimum atomic E-state index is 0.887. The molecule has 1 fully saturated rings. The zero-order valence-corrected chi connectivity index (χ0v) is 18.2. The van der Waals surface area contributed by atoms with Crippen molar-refractivity contribution in [3.8, 4) is 5.75 Å². The Balaban J connectivity index is 1.19. The lowest BCUT2D eigenvalue weighted by Gasteiger charge is -2.32. The summed E-state index contributed by atoms with van der Waals surface area (Å²) in [5, 5.41) is 1.24. The molecule has 158 valence electrons. The monoisotopic (exact) mass is 402 g/mol. The van der Waals surface area contributed by atoms with Gasteiger partial charge in [-0.3, -0.25) is 4.98 Å². The first-order valence-electron chi connectivity index (χ1n) is 11.5. The number of rotatable bonds is 9. The molecule has 0 atom stereocenters. The number of fused-ring (bicyclic) bond motifs is 1. The van der Waals surface area contributed by atoms with Gasteiger partial charge in [0.1, 0.15) is 5.75 Å². The van der Waals surface area contributed by atoms with Gasteiger partial charge in [-0.25, -0.2) is 0 Å². The quantitative estimate of drug-likeness (QED) is 0.445. The van der Waals surface area contributed by atoms with E-state index in [4.69, 9.17) is 4.74 Å². The molecule has 1 aliphatic heterocycles. The highest BCUT2D eigenvalue weighted by Crippen LogP contribution is 2.26. The summed E-state index contributed by atoms with van der Waals surface area (Å²) in [4.78, 5) is 7.17. The molecule has 0 spiro atoms. The van der Waals surface area contributed by atoms with Gasteiger partial charge in [0, 0.05) is 11.6 Å². The van der Waals surface area contributed by atoms with E-state index in [0.29, 0.717) is 0 Å². The Morgan fingerprint density at radius 3 is 2.60 bits per heavy atom. The van der Waals surface area contributed by atoms with Crippen molar-refractivity contribution in [1.82, 2.24) is 9.88 Å².